The van der Waals surface area contributed by atoms with Crippen LogP contribution in [0.3, 0.4) is 0 Å². The molecule has 0 aliphatic heterocycles. The molecule has 1 N–H and O–H groups in total. The molecule has 8 aromatic rings. The van der Waals surface area contributed by atoms with Gasteiger partial charge in [-0.1, -0.05) is 66.7 Å². The van der Waals surface area contributed by atoms with Crippen molar-refractivity contribution in [2.75, 3.05) is 19.0 Å². The smallest absolute Gasteiger partial charge is 0.295 e. The van der Waals surface area contributed by atoms with Gasteiger partial charge >= 0.3 is 0 Å². The minimum absolute atomic E-state index is 0.154. The number of hydrogen-bond donors (Lipinski definition) is 1. The highest BCUT2D eigenvalue weighted by molar-refractivity contribution is 7.86. The van der Waals surface area contributed by atoms with Crippen molar-refractivity contribution in [2.24, 2.45) is 0 Å². The van der Waals surface area contributed by atoms with E-state index in [-0.39, 0.29) is 4.90 Å². The number of benzene rings is 7. The molecular formula is C41H31N2O4S+. The van der Waals surface area contributed by atoms with Crippen LogP contribution in [-0.2, 0) is 10.1 Å². The van der Waals surface area contributed by atoms with E-state index in [1.807, 2.05) is 74.8 Å². The number of para-hydroxylation sites is 2. The fourth-order valence-corrected chi connectivity index (χ4v) is 7.34. The van der Waals surface area contributed by atoms with Crippen LogP contribution in [0.4, 0.5) is 17.1 Å². The third-order valence-electron chi connectivity index (χ3n) is 9.15. The molecule has 48 heavy (non-hydrogen) atoms. The van der Waals surface area contributed by atoms with Gasteiger partial charge in [0.1, 0.15) is 23.1 Å². The van der Waals surface area contributed by atoms with Gasteiger partial charge < -0.3 is 9.32 Å². The standard InChI is InChI=1S/C41H30N2O4S/c1-42(29-11-5-3-6-12-29)31-19-23-33-27(25-31)17-21-36-39(35-15-9-10-16-38(35)48(44,45)46)37-22-18-28-26-32(43(2)30-13-7-4-8-14-30)20-24-34(28)41(37)47-40(33)36/h3-26H,1-2H3/p+1. The van der Waals surface area contributed by atoms with Gasteiger partial charge in [-0.15, -0.1) is 0 Å². The monoisotopic (exact) mass is 647 g/mol. The summed E-state index contributed by atoms with van der Waals surface area (Å²) in [4.78, 5) is 1.98. The molecule has 0 radical (unpaired) electrons. The maximum absolute atomic E-state index is 12.7. The van der Waals surface area contributed by atoms with Gasteiger partial charge in [-0.2, -0.15) is 13.0 Å². The van der Waals surface area contributed by atoms with Crippen molar-refractivity contribution in [2.45, 2.75) is 4.90 Å². The van der Waals surface area contributed by atoms with Crippen LogP contribution in [0, 0.1) is 0 Å². The molecule has 7 aromatic carbocycles. The van der Waals surface area contributed by atoms with Crippen molar-refractivity contribution >= 4 is 70.7 Å². The molecular weight excluding hydrogens is 617 g/mol. The number of fused-ring (bicyclic) bond motifs is 6. The molecule has 6 nitrogen and oxygen atoms in total. The van der Waals surface area contributed by atoms with Crippen molar-refractivity contribution in [1.29, 1.82) is 0 Å². The van der Waals surface area contributed by atoms with E-state index in [1.54, 1.807) is 18.2 Å². The van der Waals surface area contributed by atoms with Crippen LogP contribution in [0.1, 0.15) is 0 Å². The SMILES string of the molecule is CN(c1ccccc1)c1ccc2c(ccc3c(-c4ccccc4S(=O)(=O)O)c4ccc5cc(=[N+](C)c6ccccc6)ccc5c4oc32)c1. The Bertz CT molecular complexity index is 2720. The van der Waals surface area contributed by atoms with Gasteiger partial charge in [0.25, 0.3) is 10.1 Å². The van der Waals surface area contributed by atoms with E-state index in [0.29, 0.717) is 22.3 Å². The summed E-state index contributed by atoms with van der Waals surface area (Å²) in [5.74, 6) is 0. The lowest BCUT2D eigenvalue weighted by Crippen LogP contribution is -2.20. The summed E-state index contributed by atoms with van der Waals surface area (Å²) in [6.07, 6.45) is 0. The van der Waals surface area contributed by atoms with E-state index in [4.69, 9.17) is 4.42 Å². The fraction of sp³-hybridized carbons (Fsp3) is 0.0488. The zero-order valence-electron chi connectivity index (χ0n) is 26.3. The molecule has 234 valence electrons. The molecule has 8 rings (SSSR count). The Morgan fingerprint density at radius 1 is 0.604 bits per heavy atom. The van der Waals surface area contributed by atoms with Crippen LogP contribution in [0.15, 0.2) is 155 Å². The van der Waals surface area contributed by atoms with Gasteiger partial charge in [0.15, 0.2) is 0 Å². The third-order valence-corrected chi connectivity index (χ3v) is 10.1. The molecule has 0 aliphatic carbocycles. The van der Waals surface area contributed by atoms with Crippen LogP contribution in [0.2, 0.25) is 0 Å². The van der Waals surface area contributed by atoms with E-state index in [9.17, 15) is 13.0 Å². The molecule has 0 atom stereocenters. The van der Waals surface area contributed by atoms with Gasteiger partial charge in [-0.25, -0.2) is 0 Å². The van der Waals surface area contributed by atoms with Crippen molar-refractivity contribution in [3.8, 4) is 11.1 Å². The van der Waals surface area contributed by atoms with Gasteiger partial charge in [0.05, 0.1) is 0 Å². The lowest BCUT2D eigenvalue weighted by Gasteiger charge is -2.20. The molecule has 0 saturated heterocycles. The van der Waals surface area contributed by atoms with E-state index in [0.717, 1.165) is 54.7 Å². The highest BCUT2D eigenvalue weighted by Crippen LogP contribution is 2.43. The number of rotatable bonds is 5. The predicted molar refractivity (Wildman–Crippen MR) is 196 cm³/mol. The van der Waals surface area contributed by atoms with Gasteiger partial charge in [0.2, 0.25) is 11.0 Å². The van der Waals surface area contributed by atoms with E-state index in [1.165, 1.54) is 6.07 Å². The number of hydrogen-bond acceptors (Lipinski definition) is 4. The molecule has 1 heterocycles. The second-order valence-electron chi connectivity index (χ2n) is 11.9. The quantitative estimate of drug-likeness (QED) is 0.0873. The zero-order valence-corrected chi connectivity index (χ0v) is 27.1. The Kier molecular flexibility index (Phi) is 7.09. The van der Waals surface area contributed by atoms with Crippen molar-refractivity contribution in [3.63, 3.8) is 0 Å². The summed E-state index contributed by atoms with van der Waals surface area (Å²) < 4.78 is 44.7. The van der Waals surface area contributed by atoms with Crippen LogP contribution in [-0.4, -0.2) is 27.1 Å². The van der Waals surface area contributed by atoms with E-state index in [2.05, 4.69) is 70.1 Å². The van der Waals surface area contributed by atoms with Crippen molar-refractivity contribution in [3.05, 3.63) is 151 Å². The first kappa shape index (κ1) is 29.6. The first-order valence-electron chi connectivity index (χ1n) is 15.6. The minimum Gasteiger partial charge on any atom is -0.455 e. The summed E-state index contributed by atoms with van der Waals surface area (Å²) in [5.41, 5.74) is 5.51. The second-order valence-corrected chi connectivity index (χ2v) is 13.3. The lowest BCUT2D eigenvalue weighted by molar-refractivity contribution is 0.483. The molecule has 0 saturated carbocycles. The average molecular weight is 648 g/mol. The Hall–Kier alpha value is -5.76. The van der Waals surface area contributed by atoms with Gasteiger partial charge in [-0.3, -0.25) is 4.55 Å². The van der Waals surface area contributed by atoms with Crippen molar-refractivity contribution in [1.82, 2.24) is 4.58 Å². The van der Waals surface area contributed by atoms with E-state index < -0.39 is 10.1 Å². The first-order valence-corrected chi connectivity index (χ1v) is 17.1. The highest BCUT2D eigenvalue weighted by atomic mass is 32.2. The third kappa shape index (κ3) is 5.01. The topological polar surface area (TPSA) is 73.8 Å². The summed E-state index contributed by atoms with van der Waals surface area (Å²) in [5, 5.41) is 6.25. The number of anilines is 2. The maximum atomic E-state index is 12.7. The molecule has 0 amide bonds. The van der Waals surface area contributed by atoms with Crippen molar-refractivity contribution < 1.29 is 17.4 Å². The molecule has 0 spiro atoms. The maximum Gasteiger partial charge on any atom is 0.295 e. The summed E-state index contributed by atoms with van der Waals surface area (Å²) in [7, 11) is -0.454. The summed E-state index contributed by atoms with van der Waals surface area (Å²) in [6.45, 7) is 0. The predicted octanol–water partition coefficient (Wildman–Crippen LogP) is 9.31. The Labute approximate surface area is 277 Å². The summed E-state index contributed by atoms with van der Waals surface area (Å²) in [6, 6.07) is 47.4. The molecule has 0 unspecified atom stereocenters. The molecule has 1 aromatic heterocycles. The van der Waals surface area contributed by atoms with Crippen LogP contribution >= 0.6 is 0 Å². The van der Waals surface area contributed by atoms with E-state index >= 15 is 0 Å². The number of nitrogens with zero attached hydrogens (tertiary/aromatic N) is 2. The van der Waals surface area contributed by atoms with Gasteiger partial charge in [-0.05, 0) is 65.4 Å². The molecule has 7 heteroatoms. The zero-order chi connectivity index (χ0) is 33.0. The molecule has 0 bridgehead atoms. The largest absolute Gasteiger partial charge is 0.455 e. The Balaban J connectivity index is 1.44. The molecule has 0 aliphatic rings. The average Bonchev–Trinajstić information content (AvgIpc) is 3.13. The van der Waals surface area contributed by atoms with Crippen LogP contribution in [0.25, 0.3) is 54.6 Å². The van der Waals surface area contributed by atoms with Gasteiger partial charge in [0, 0.05) is 75.4 Å². The second kappa shape index (κ2) is 11.5. The van der Waals surface area contributed by atoms with Crippen LogP contribution in [0.5, 0.6) is 0 Å². The minimum atomic E-state index is -4.53. The first-order chi connectivity index (χ1) is 23.3. The lowest BCUT2D eigenvalue weighted by atomic mass is 9.93. The normalized spacial score (nSPS) is 12.6. The van der Waals surface area contributed by atoms with Crippen LogP contribution < -0.4 is 14.8 Å². The highest BCUT2D eigenvalue weighted by Gasteiger charge is 2.23. The summed E-state index contributed by atoms with van der Waals surface area (Å²) >= 11 is 0. The Morgan fingerprint density at radius 3 is 1.83 bits per heavy atom. The molecule has 0 fully saturated rings. The fourth-order valence-electron chi connectivity index (χ4n) is 6.65. The Morgan fingerprint density at radius 2 is 1.17 bits per heavy atom.